The maximum absolute atomic E-state index is 4.36. The van der Waals surface area contributed by atoms with Gasteiger partial charge in [-0.25, -0.2) is 0 Å². The Bertz CT molecular complexity index is 2540. The van der Waals surface area contributed by atoms with Crippen molar-refractivity contribution in [3.8, 4) is 0 Å². The largest absolute Gasteiger partial charge is 0.160 e. The predicted octanol–water partition coefficient (Wildman–Crippen LogP) is 21.7. The lowest BCUT2D eigenvalue weighted by Gasteiger charge is -2.13. The van der Waals surface area contributed by atoms with Gasteiger partial charge in [-0.15, -0.1) is 0 Å². The molecule has 0 bridgehead atoms. The first-order valence-corrected chi connectivity index (χ1v) is 29.0. The van der Waals surface area contributed by atoms with Crippen LogP contribution in [0.4, 0.5) is 0 Å². The summed E-state index contributed by atoms with van der Waals surface area (Å²) in [6.07, 6.45) is 6.19. The van der Waals surface area contributed by atoms with Crippen LogP contribution in [0.1, 0.15) is 237 Å². The van der Waals surface area contributed by atoms with Crippen molar-refractivity contribution in [3.05, 3.63) is 141 Å². The first kappa shape index (κ1) is 73.4. The normalized spacial score (nSPS) is 10.4. The molecule has 6 rings (SSSR count). The molecule has 0 saturated carbocycles. The number of nitrogens with zero attached hydrogens (tertiary/aromatic N) is 6. The van der Waals surface area contributed by atoms with E-state index in [0.717, 1.165) is 72.8 Å². The van der Waals surface area contributed by atoms with Crippen molar-refractivity contribution in [2.75, 3.05) is 0 Å². The average molecular weight is 1020 g/mol. The van der Waals surface area contributed by atoms with Crippen LogP contribution in [-0.2, 0) is 38.5 Å². The molecule has 0 aliphatic heterocycles. The third-order valence-electron chi connectivity index (χ3n) is 11.2. The molecule has 0 aliphatic rings. The Morgan fingerprint density at radius 3 is 0.973 bits per heavy atom. The van der Waals surface area contributed by atoms with E-state index in [1.54, 1.807) is 0 Å². The molecule has 0 saturated heterocycles. The van der Waals surface area contributed by atoms with Crippen LogP contribution >= 0.6 is 0 Å². The van der Waals surface area contributed by atoms with Gasteiger partial charge in [-0.2, -0.15) is 30.6 Å². The van der Waals surface area contributed by atoms with Gasteiger partial charge in [0.1, 0.15) is 0 Å². The summed E-state index contributed by atoms with van der Waals surface area (Å²) in [7, 11) is 0. The summed E-state index contributed by atoms with van der Waals surface area (Å²) in [5.74, 6) is 0. The van der Waals surface area contributed by atoms with Crippen molar-refractivity contribution in [1.82, 2.24) is 0 Å². The maximum atomic E-state index is 4.36. The van der Waals surface area contributed by atoms with Gasteiger partial charge in [0.15, 0.2) is 0 Å². The Hall–Kier alpha value is -5.88. The van der Waals surface area contributed by atoms with Gasteiger partial charge in [0, 0.05) is 33.8 Å². The molecule has 0 unspecified atom stereocenters. The fraction of sp³-hybridized carbons (Fsp3) is 0.478. The zero-order valence-electron chi connectivity index (χ0n) is 53.1. The smallest absolute Gasteiger partial charge is 0.0674 e. The third-order valence-corrected chi connectivity index (χ3v) is 11.2. The first-order chi connectivity index (χ1) is 36.2. The first-order valence-electron chi connectivity index (χ1n) is 29.0. The molecule has 0 amide bonds. The van der Waals surface area contributed by atoms with E-state index in [-0.39, 0.29) is 0 Å². The van der Waals surface area contributed by atoms with Gasteiger partial charge in [0.25, 0.3) is 0 Å². The Morgan fingerprint density at radius 1 is 0.293 bits per heavy atom. The van der Waals surface area contributed by atoms with Gasteiger partial charge in [-0.1, -0.05) is 203 Å². The van der Waals surface area contributed by atoms with Crippen LogP contribution in [-0.4, -0.2) is 34.3 Å². The molecule has 6 aromatic carbocycles. The average Bonchev–Trinajstić information content (AvgIpc) is 3.46. The molecule has 0 fully saturated rings. The van der Waals surface area contributed by atoms with E-state index in [4.69, 9.17) is 0 Å². The standard InChI is InChI=1S/3C19H24N2.6C2H6/c2*1-6-15-8-9-17-11-16(7-2)19(12-18(17)10-15)14(5)21-20-13(3)4;1-6-15-9-8-10-19-16(7-2)17(11-12-18(15)19)14(5)21-20-13(3)4;6*1-2/h3*8-12H,6-7H2,1-5H3;6*1-2H3/b2*21-14-;21-14+;;;;;;. The summed E-state index contributed by atoms with van der Waals surface area (Å²) in [5.41, 5.74) is 17.7. The molecule has 0 heterocycles. The molecule has 0 aromatic heterocycles. The lowest BCUT2D eigenvalue weighted by molar-refractivity contribution is 1.13. The fourth-order valence-electron chi connectivity index (χ4n) is 7.69. The minimum absolute atomic E-state index is 0.974. The number of hydrogen-bond acceptors (Lipinski definition) is 6. The molecule has 0 radical (unpaired) electrons. The van der Waals surface area contributed by atoms with Crippen LogP contribution in [0.25, 0.3) is 32.3 Å². The fourth-order valence-corrected chi connectivity index (χ4v) is 7.69. The Morgan fingerprint density at radius 2 is 0.653 bits per heavy atom. The van der Waals surface area contributed by atoms with Crippen LogP contribution in [0, 0.1) is 0 Å². The summed E-state index contributed by atoms with van der Waals surface area (Å²) in [6.45, 7) is 55.1. The second-order valence-corrected chi connectivity index (χ2v) is 16.8. The highest BCUT2D eigenvalue weighted by atomic mass is 15.2. The summed E-state index contributed by atoms with van der Waals surface area (Å²) in [4.78, 5) is 0. The van der Waals surface area contributed by atoms with E-state index in [1.807, 2.05) is 145 Å². The number of aryl methyl sites for hydroxylation is 6. The number of rotatable bonds is 12. The SMILES string of the molecule is CC.CC.CC.CC.CC.CC.CCc1ccc2cc(CC)c(/C(C)=N\N=C(C)C)cc2c1.CCc1ccc2cc(CC)c(/C(C)=N\N=C(C)C)cc2c1.CCc1cccc2c(CC)c(/C(C)=N/N=C(C)C)ccc12. The monoisotopic (exact) mass is 1020 g/mol. The van der Waals surface area contributed by atoms with Gasteiger partial charge in [0.05, 0.1) is 17.1 Å². The van der Waals surface area contributed by atoms with E-state index in [1.165, 1.54) is 82.4 Å². The predicted molar refractivity (Wildman–Crippen MR) is 349 cm³/mol. The van der Waals surface area contributed by atoms with E-state index in [0.29, 0.717) is 0 Å². The highest BCUT2D eigenvalue weighted by Crippen LogP contribution is 2.28. The number of hydrogen-bond donors (Lipinski definition) is 0. The topological polar surface area (TPSA) is 74.2 Å². The van der Waals surface area contributed by atoms with Crippen LogP contribution in [0.3, 0.4) is 0 Å². The Balaban J connectivity index is -0.000000939. The Kier molecular flexibility index (Phi) is 42.4. The molecule has 0 spiro atoms. The van der Waals surface area contributed by atoms with Crippen LogP contribution in [0.5, 0.6) is 0 Å². The third kappa shape index (κ3) is 24.6. The molecule has 0 atom stereocenters. The molecule has 0 N–H and O–H groups in total. The molecule has 414 valence electrons. The van der Waals surface area contributed by atoms with Gasteiger partial charge in [0.2, 0.25) is 0 Å². The maximum Gasteiger partial charge on any atom is 0.0674 e. The highest BCUT2D eigenvalue weighted by molar-refractivity contribution is 6.06. The second kappa shape index (κ2) is 43.4. The minimum atomic E-state index is 0.974. The quantitative estimate of drug-likeness (QED) is 0.0865. The second-order valence-electron chi connectivity index (χ2n) is 16.8. The number of fused-ring (bicyclic) bond motifs is 3. The van der Waals surface area contributed by atoms with Crippen LogP contribution in [0.2, 0.25) is 0 Å². The van der Waals surface area contributed by atoms with Crippen LogP contribution in [0.15, 0.2) is 122 Å². The van der Waals surface area contributed by atoms with Gasteiger partial charge < -0.3 is 0 Å². The molecule has 6 aromatic rings. The van der Waals surface area contributed by atoms with E-state index in [2.05, 4.69) is 163 Å². The van der Waals surface area contributed by atoms with Crippen molar-refractivity contribution >= 4 is 66.6 Å². The lowest BCUT2D eigenvalue weighted by atomic mass is 9.92. The van der Waals surface area contributed by atoms with E-state index in [9.17, 15) is 0 Å². The zero-order valence-corrected chi connectivity index (χ0v) is 53.1. The minimum Gasteiger partial charge on any atom is -0.160 e. The summed E-state index contributed by atoms with van der Waals surface area (Å²) in [5, 5.41) is 33.5. The molecule has 6 nitrogen and oxygen atoms in total. The van der Waals surface area contributed by atoms with Gasteiger partial charge >= 0.3 is 0 Å². The molecule has 6 heteroatoms. The highest BCUT2D eigenvalue weighted by Gasteiger charge is 2.12. The van der Waals surface area contributed by atoms with Crippen molar-refractivity contribution in [2.24, 2.45) is 30.6 Å². The van der Waals surface area contributed by atoms with Crippen molar-refractivity contribution in [2.45, 2.75) is 225 Å². The molecule has 75 heavy (non-hydrogen) atoms. The lowest BCUT2D eigenvalue weighted by Crippen LogP contribution is -2.02. The molecule has 0 aliphatic carbocycles. The van der Waals surface area contributed by atoms with E-state index < -0.39 is 0 Å². The van der Waals surface area contributed by atoms with Crippen molar-refractivity contribution in [3.63, 3.8) is 0 Å². The molecular formula is C69H108N6. The summed E-state index contributed by atoms with van der Waals surface area (Å²) in [6, 6.07) is 33.5. The molecular weight excluding hydrogens is 913 g/mol. The summed E-state index contributed by atoms with van der Waals surface area (Å²) < 4.78 is 0. The zero-order chi connectivity index (χ0) is 58.2. The summed E-state index contributed by atoms with van der Waals surface area (Å²) >= 11 is 0. The van der Waals surface area contributed by atoms with Gasteiger partial charge in [-0.05, 0) is 179 Å². The van der Waals surface area contributed by atoms with Gasteiger partial charge in [-0.3, -0.25) is 0 Å². The van der Waals surface area contributed by atoms with Crippen molar-refractivity contribution < 1.29 is 0 Å². The van der Waals surface area contributed by atoms with Crippen molar-refractivity contribution in [1.29, 1.82) is 0 Å². The number of benzene rings is 6. The van der Waals surface area contributed by atoms with Crippen LogP contribution < -0.4 is 0 Å². The Labute approximate surface area is 461 Å². The van der Waals surface area contributed by atoms with E-state index >= 15 is 0 Å².